The number of nitrogens with one attached hydrogen (secondary N) is 1. The third-order valence-corrected chi connectivity index (χ3v) is 6.31. The third kappa shape index (κ3) is 4.45. The van der Waals surface area contributed by atoms with Crippen molar-refractivity contribution in [3.8, 4) is 11.3 Å². The molecule has 0 radical (unpaired) electrons. The van der Waals surface area contributed by atoms with Gasteiger partial charge in [0.2, 0.25) is 0 Å². The van der Waals surface area contributed by atoms with Crippen LogP contribution in [-0.4, -0.2) is 43.0 Å². The number of anilines is 1. The predicted octanol–water partition coefficient (Wildman–Crippen LogP) is 3.79. The van der Waals surface area contributed by atoms with Gasteiger partial charge >= 0.3 is 0 Å². The molecule has 0 amide bonds. The van der Waals surface area contributed by atoms with Crippen molar-refractivity contribution in [3.63, 3.8) is 0 Å². The summed E-state index contributed by atoms with van der Waals surface area (Å²) < 4.78 is 23.3. The fourth-order valence-electron chi connectivity index (χ4n) is 2.95. The standard InChI is InChI=1S/C19H23N3O2S2/c1-4-16(18-11-25-12-20-18)21-19-10-13(2)9-17(22-19)14-5-7-15(8-6-14)26(3,23)24/h5-10,12,16,18H,4,11H2,1-3H3,(H,21,22). The van der Waals surface area contributed by atoms with E-state index in [2.05, 4.69) is 17.2 Å². The molecule has 1 aromatic carbocycles. The summed E-state index contributed by atoms with van der Waals surface area (Å²) in [6.45, 7) is 4.18. The van der Waals surface area contributed by atoms with Gasteiger partial charge in [-0.1, -0.05) is 19.1 Å². The van der Waals surface area contributed by atoms with Gasteiger partial charge in [-0.15, -0.1) is 11.8 Å². The SMILES string of the molecule is CCC(Nc1cc(C)cc(-c2ccc(S(C)(=O)=O)cc2)n1)C1CSC=N1. The van der Waals surface area contributed by atoms with E-state index in [9.17, 15) is 8.42 Å². The van der Waals surface area contributed by atoms with Crippen LogP contribution in [0.5, 0.6) is 0 Å². The van der Waals surface area contributed by atoms with Crippen molar-refractivity contribution in [1.82, 2.24) is 4.98 Å². The van der Waals surface area contributed by atoms with Crippen molar-refractivity contribution >= 4 is 33.0 Å². The number of aliphatic imine (C=N–C) groups is 1. The van der Waals surface area contributed by atoms with Crippen LogP contribution in [0.3, 0.4) is 0 Å². The molecule has 2 atom stereocenters. The Labute approximate surface area is 159 Å². The molecule has 0 saturated carbocycles. The normalized spacial score (nSPS) is 18.0. The molecule has 1 aliphatic heterocycles. The van der Waals surface area contributed by atoms with E-state index in [0.29, 0.717) is 4.90 Å². The molecular formula is C19H23N3O2S2. The molecular weight excluding hydrogens is 366 g/mol. The molecule has 1 aliphatic rings. The maximum Gasteiger partial charge on any atom is 0.175 e. The number of aryl methyl sites for hydroxylation is 1. The quantitative estimate of drug-likeness (QED) is 0.814. The van der Waals surface area contributed by atoms with Crippen LogP contribution in [0.4, 0.5) is 5.82 Å². The molecule has 3 rings (SSSR count). The number of nitrogens with zero attached hydrogens (tertiary/aromatic N) is 2. The molecule has 0 aliphatic carbocycles. The Hall–Kier alpha value is -1.86. The fraction of sp³-hybridized carbons (Fsp3) is 0.368. The summed E-state index contributed by atoms with van der Waals surface area (Å²) in [7, 11) is -3.19. The minimum atomic E-state index is -3.19. The Morgan fingerprint density at radius 2 is 2.00 bits per heavy atom. The molecule has 0 bridgehead atoms. The summed E-state index contributed by atoms with van der Waals surface area (Å²) >= 11 is 1.74. The van der Waals surface area contributed by atoms with Gasteiger partial charge in [-0.25, -0.2) is 13.4 Å². The molecule has 2 aromatic rings. The van der Waals surface area contributed by atoms with Gasteiger partial charge in [0.25, 0.3) is 0 Å². The highest BCUT2D eigenvalue weighted by atomic mass is 32.2. The number of rotatable bonds is 6. The molecule has 138 valence electrons. The van der Waals surface area contributed by atoms with Gasteiger partial charge in [0.05, 0.1) is 28.2 Å². The van der Waals surface area contributed by atoms with Gasteiger partial charge < -0.3 is 5.32 Å². The third-order valence-electron chi connectivity index (χ3n) is 4.38. The van der Waals surface area contributed by atoms with Crippen LogP contribution in [0.1, 0.15) is 18.9 Å². The first kappa shape index (κ1) is 18.9. The van der Waals surface area contributed by atoms with Gasteiger partial charge in [0.1, 0.15) is 5.82 Å². The second kappa shape index (κ2) is 7.80. The lowest BCUT2D eigenvalue weighted by Gasteiger charge is -2.22. The average Bonchev–Trinajstić information content (AvgIpc) is 3.13. The first-order valence-corrected chi connectivity index (χ1v) is 11.5. The second-order valence-electron chi connectivity index (χ2n) is 6.53. The zero-order valence-electron chi connectivity index (χ0n) is 15.1. The molecule has 2 unspecified atom stereocenters. The monoisotopic (exact) mass is 389 g/mol. The highest BCUT2D eigenvalue weighted by Crippen LogP contribution is 2.25. The van der Waals surface area contributed by atoms with Gasteiger partial charge in [-0.3, -0.25) is 4.99 Å². The van der Waals surface area contributed by atoms with Crippen molar-refractivity contribution in [2.75, 3.05) is 17.3 Å². The van der Waals surface area contributed by atoms with Gasteiger partial charge in [0, 0.05) is 17.6 Å². The number of benzene rings is 1. The lowest BCUT2D eigenvalue weighted by molar-refractivity contribution is 0.592. The lowest BCUT2D eigenvalue weighted by atomic mass is 10.1. The number of hydrogen-bond acceptors (Lipinski definition) is 6. The van der Waals surface area contributed by atoms with Crippen LogP contribution in [0, 0.1) is 6.92 Å². The molecule has 0 saturated heterocycles. The van der Waals surface area contributed by atoms with Crippen molar-refractivity contribution in [1.29, 1.82) is 0 Å². The number of hydrogen-bond donors (Lipinski definition) is 1. The number of pyridine rings is 1. The van der Waals surface area contributed by atoms with E-state index in [-0.39, 0.29) is 12.1 Å². The highest BCUT2D eigenvalue weighted by molar-refractivity contribution is 8.12. The molecule has 0 spiro atoms. The zero-order chi connectivity index (χ0) is 18.7. The Balaban J connectivity index is 1.86. The Bertz CT molecular complexity index is 909. The number of thioether (sulfide) groups is 1. The van der Waals surface area contributed by atoms with Crippen molar-refractivity contribution in [2.45, 2.75) is 37.2 Å². The average molecular weight is 390 g/mol. The Kier molecular flexibility index (Phi) is 5.67. The summed E-state index contributed by atoms with van der Waals surface area (Å²) in [5, 5.41) is 3.52. The number of sulfone groups is 1. The zero-order valence-corrected chi connectivity index (χ0v) is 16.8. The van der Waals surface area contributed by atoms with E-state index in [0.717, 1.165) is 34.8 Å². The first-order valence-electron chi connectivity index (χ1n) is 8.56. The first-order chi connectivity index (χ1) is 12.4. The smallest absolute Gasteiger partial charge is 0.175 e. The van der Waals surface area contributed by atoms with Crippen LogP contribution >= 0.6 is 11.8 Å². The van der Waals surface area contributed by atoms with E-state index >= 15 is 0 Å². The van der Waals surface area contributed by atoms with Crippen molar-refractivity contribution in [2.24, 2.45) is 4.99 Å². The van der Waals surface area contributed by atoms with E-state index in [1.54, 1.807) is 36.0 Å². The topological polar surface area (TPSA) is 71.4 Å². The molecule has 26 heavy (non-hydrogen) atoms. The summed E-state index contributed by atoms with van der Waals surface area (Å²) in [5.74, 6) is 1.82. The van der Waals surface area contributed by atoms with Crippen LogP contribution in [0.2, 0.25) is 0 Å². The summed E-state index contributed by atoms with van der Waals surface area (Å²) in [5.41, 5.74) is 4.75. The molecule has 1 aromatic heterocycles. The fourth-order valence-corrected chi connectivity index (χ4v) is 4.42. The van der Waals surface area contributed by atoms with E-state index in [1.807, 2.05) is 24.6 Å². The summed E-state index contributed by atoms with van der Waals surface area (Å²) in [6.07, 6.45) is 2.18. The predicted molar refractivity (Wildman–Crippen MR) is 110 cm³/mol. The molecule has 1 N–H and O–H groups in total. The van der Waals surface area contributed by atoms with E-state index in [1.165, 1.54) is 6.26 Å². The minimum absolute atomic E-state index is 0.246. The Morgan fingerprint density at radius 3 is 2.58 bits per heavy atom. The van der Waals surface area contributed by atoms with Crippen molar-refractivity contribution < 1.29 is 8.42 Å². The van der Waals surface area contributed by atoms with Gasteiger partial charge in [-0.2, -0.15) is 0 Å². The molecule has 0 fully saturated rings. The summed E-state index contributed by atoms with van der Waals surface area (Å²) in [6, 6.07) is 11.4. The maximum absolute atomic E-state index is 11.6. The van der Waals surface area contributed by atoms with Gasteiger partial charge in [0.15, 0.2) is 9.84 Å². The van der Waals surface area contributed by atoms with E-state index < -0.39 is 9.84 Å². The lowest BCUT2D eigenvalue weighted by Crippen LogP contribution is -2.32. The maximum atomic E-state index is 11.6. The largest absolute Gasteiger partial charge is 0.365 e. The highest BCUT2D eigenvalue weighted by Gasteiger charge is 2.22. The Morgan fingerprint density at radius 1 is 1.27 bits per heavy atom. The molecule has 5 nitrogen and oxygen atoms in total. The summed E-state index contributed by atoms with van der Waals surface area (Å²) in [4.78, 5) is 9.58. The van der Waals surface area contributed by atoms with Crippen LogP contribution in [0.25, 0.3) is 11.3 Å². The van der Waals surface area contributed by atoms with Crippen molar-refractivity contribution in [3.05, 3.63) is 42.0 Å². The van der Waals surface area contributed by atoms with Crippen LogP contribution in [-0.2, 0) is 9.84 Å². The second-order valence-corrected chi connectivity index (χ2v) is 9.42. The van der Waals surface area contributed by atoms with Crippen LogP contribution in [0.15, 0.2) is 46.3 Å². The molecule has 7 heteroatoms. The van der Waals surface area contributed by atoms with Crippen LogP contribution < -0.4 is 5.32 Å². The van der Waals surface area contributed by atoms with Gasteiger partial charge in [-0.05, 0) is 43.2 Å². The molecule has 2 heterocycles. The minimum Gasteiger partial charge on any atom is -0.365 e. The number of aromatic nitrogens is 1. The van der Waals surface area contributed by atoms with E-state index in [4.69, 9.17) is 4.98 Å².